The largest absolute Gasteiger partial charge is 0.494 e. The maximum Gasteiger partial charge on any atom is 0.410 e. The van der Waals surface area contributed by atoms with E-state index in [0.717, 1.165) is 11.3 Å². The number of carbonyl (C=O) groups excluding carboxylic acids is 1. The zero-order valence-electron chi connectivity index (χ0n) is 14.2. The first kappa shape index (κ1) is 17.9. The Morgan fingerprint density at radius 3 is 2.83 bits per heavy atom. The Labute approximate surface area is 142 Å². The molecule has 0 saturated carbocycles. The highest BCUT2D eigenvalue weighted by Gasteiger charge is 2.29. The first-order chi connectivity index (χ1) is 10.8. The van der Waals surface area contributed by atoms with Gasteiger partial charge in [0.25, 0.3) is 0 Å². The van der Waals surface area contributed by atoms with E-state index in [1.165, 1.54) is 0 Å². The van der Waals surface area contributed by atoms with Crippen molar-refractivity contribution in [2.45, 2.75) is 39.3 Å². The number of hydrogen-bond acceptors (Lipinski definition) is 4. The molecule has 23 heavy (non-hydrogen) atoms. The molecule has 1 N–H and O–H groups in total. The lowest BCUT2D eigenvalue weighted by molar-refractivity contribution is 0.0194. The summed E-state index contributed by atoms with van der Waals surface area (Å²) in [4.78, 5) is 14.0. The van der Waals surface area contributed by atoms with Gasteiger partial charge in [0, 0.05) is 30.2 Å². The average molecular weight is 341 g/mol. The summed E-state index contributed by atoms with van der Waals surface area (Å²) in [5.41, 5.74) is 0.469. The van der Waals surface area contributed by atoms with Gasteiger partial charge in [0.2, 0.25) is 0 Å². The maximum atomic E-state index is 12.3. The molecule has 1 unspecified atom stereocenters. The van der Waals surface area contributed by atoms with Gasteiger partial charge in [0.15, 0.2) is 0 Å². The summed E-state index contributed by atoms with van der Waals surface area (Å²) in [7, 11) is 0. The van der Waals surface area contributed by atoms with Crippen LogP contribution in [0.4, 0.5) is 4.79 Å². The Bertz CT molecular complexity index is 557. The third kappa shape index (κ3) is 5.01. The highest BCUT2D eigenvalue weighted by atomic mass is 35.5. The number of halogens is 1. The van der Waals surface area contributed by atoms with Crippen molar-refractivity contribution >= 4 is 17.7 Å². The van der Waals surface area contributed by atoms with Crippen molar-refractivity contribution in [2.75, 3.05) is 26.2 Å². The Balaban J connectivity index is 2.15. The number of hydrogen-bond donors (Lipinski definition) is 1. The fraction of sp³-hybridized carbons (Fsp3) is 0.588. The molecule has 0 radical (unpaired) electrons. The molecule has 1 aromatic rings. The minimum Gasteiger partial charge on any atom is -0.494 e. The lowest BCUT2D eigenvalue weighted by Gasteiger charge is -2.35. The van der Waals surface area contributed by atoms with Crippen LogP contribution in [-0.4, -0.2) is 42.8 Å². The van der Waals surface area contributed by atoms with Crippen molar-refractivity contribution in [1.82, 2.24) is 10.2 Å². The zero-order valence-corrected chi connectivity index (χ0v) is 14.9. The van der Waals surface area contributed by atoms with Crippen molar-refractivity contribution in [3.8, 4) is 5.75 Å². The predicted octanol–water partition coefficient (Wildman–Crippen LogP) is 3.62. The van der Waals surface area contributed by atoms with E-state index in [1.807, 2.05) is 45.9 Å². The van der Waals surface area contributed by atoms with Crippen LogP contribution in [0, 0.1) is 0 Å². The van der Waals surface area contributed by atoms with Gasteiger partial charge >= 0.3 is 6.09 Å². The molecule has 1 aliphatic rings. The number of rotatable bonds is 3. The molecule has 0 aliphatic carbocycles. The van der Waals surface area contributed by atoms with Gasteiger partial charge in [-0.3, -0.25) is 0 Å². The van der Waals surface area contributed by atoms with Crippen LogP contribution in [0.15, 0.2) is 18.2 Å². The average Bonchev–Trinajstić information content (AvgIpc) is 2.48. The van der Waals surface area contributed by atoms with Gasteiger partial charge in [-0.25, -0.2) is 4.79 Å². The van der Waals surface area contributed by atoms with Crippen LogP contribution in [0.1, 0.15) is 39.3 Å². The quantitative estimate of drug-likeness (QED) is 0.913. The topological polar surface area (TPSA) is 50.8 Å². The minimum atomic E-state index is -0.496. The second-order valence-electron chi connectivity index (χ2n) is 6.55. The fourth-order valence-corrected chi connectivity index (χ4v) is 2.71. The molecule has 6 heteroatoms. The van der Waals surface area contributed by atoms with E-state index in [9.17, 15) is 4.79 Å². The van der Waals surface area contributed by atoms with E-state index in [1.54, 1.807) is 4.90 Å². The van der Waals surface area contributed by atoms with E-state index < -0.39 is 5.60 Å². The Kier molecular flexibility index (Phi) is 5.76. The molecule has 0 spiro atoms. The standard InChI is InChI=1S/C17H25ClN2O3/c1-5-22-15-7-6-12(18)10-13(15)14-11-20(9-8-19-14)16(21)23-17(2,3)4/h6-7,10,14,19H,5,8-9,11H2,1-4H3. The molecule has 1 aromatic carbocycles. The zero-order chi connectivity index (χ0) is 17.0. The highest BCUT2D eigenvalue weighted by molar-refractivity contribution is 6.30. The molecule has 0 aromatic heterocycles. The molecular formula is C17H25ClN2O3. The Hall–Kier alpha value is -1.46. The van der Waals surface area contributed by atoms with Crippen LogP contribution in [0.25, 0.3) is 0 Å². The summed E-state index contributed by atoms with van der Waals surface area (Å²) in [5, 5.41) is 4.07. The number of benzene rings is 1. The number of nitrogens with zero attached hydrogens (tertiary/aromatic N) is 1. The predicted molar refractivity (Wildman–Crippen MR) is 91.2 cm³/mol. The molecule has 5 nitrogen and oxygen atoms in total. The first-order valence-electron chi connectivity index (χ1n) is 7.93. The van der Waals surface area contributed by atoms with Gasteiger partial charge in [0.1, 0.15) is 11.4 Å². The van der Waals surface area contributed by atoms with Crippen LogP contribution in [0.3, 0.4) is 0 Å². The van der Waals surface area contributed by atoms with Gasteiger partial charge in [-0.15, -0.1) is 0 Å². The van der Waals surface area contributed by atoms with Crippen LogP contribution in [0.2, 0.25) is 5.02 Å². The Morgan fingerprint density at radius 2 is 2.17 bits per heavy atom. The number of nitrogens with one attached hydrogen (secondary N) is 1. The van der Waals surface area contributed by atoms with Crippen molar-refractivity contribution in [1.29, 1.82) is 0 Å². The first-order valence-corrected chi connectivity index (χ1v) is 8.31. The molecule has 1 saturated heterocycles. The van der Waals surface area contributed by atoms with E-state index in [-0.39, 0.29) is 12.1 Å². The molecule has 1 atom stereocenters. The van der Waals surface area contributed by atoms with Crippen molar-refractivity contribution in [3.63, 3.8) is 0 Å². The summed E-state index contributed by atoms with van der Waals surface area (Å²) in [5.74, 6) is 0.792. The summed E-state index contributed by atoms with van der Waals surface area (Å²) < 4.78 is 11.2. The second kappa shape index (κ2) is 7.41. The molecule has 128 valence electrons. The maximum absolute atomic E-state index is 12.3. The van der Waals surface area contributed by atoms with Crippen molar-refractivity contribution < 1.29 is 14.3 Å². The number of carbonyl (C=O) groups is 1. The highest BCUT2D eigenvalue weighted by Crippen LogP contribution is 2.30. The normalized spacial score (nSPS) is 18.7. The van der Waals surface area contributed by atoms with Gasteiger partial charge in [-0.1, -0.05) is 11.6 Å². The molecule has 1 heterocycles. The van der Waals surface area contributed by atoms with Gasteiger partial charge < -0.3 is 19.7 Å². The molecule has 1 amide bonds. The molecule has 1 fully saturated rings. The van der Waals surface area contributed by atoms with Gasteiger partial charge in [0.05, 0.1) is 12.6 Å². The lowest BCUT2D eigenvalue weighted by atomic mass is 10.0. The molecule has 1 aliphatic heterocycles. The number of piperazine rings is 1. The third-order valence-corrected chi connectivity index (χ3v) is 3.71. The SMILES string of the molecule is CCOc1ccc(Cl)cc1C1CN(C(=O)OC(C)(C)C)CCN1. The van der Waals surface area contributed by atoms with Crippen LogP contribution in [0.5, 0.6) is 5.75 Å². The van der Waals surface area contributed by atoms with Crippen LogP contribution >= 0.6 is 11.6 Å². The number of ether oxygens (including phenoxy) is 2. The minimum absolute atomic E-state index is 0.0310. The summed E-state index contributed by atoms with van der Waals surface area (Å²) in [6.45, 7) is 9.97. The molecule has 2 rings (SSSR count). The Morgan fingerprint density at radius 1 is 1.43 bits per heavy atom. The van der Waals surface area contributed by atoms with Gasteiger partial charge in [-0.2, -0.15) is 0 Å². The van der Waals surface area contributed by atoms with Crippen LogP contribution < -0.4 is 10.1 Å². The summed E-state index contributed by atoms with van der Waals surface area (Å²) in [6.07, 6.45) is -0.288. The van der Waals surface area contributed by atoms with E-state index >= 15 is 0 Å². The summed E-state index contributed by atoms with van der Waals surface area (Å²) >= 11 is 6.13. The van der Waals surface area contributed by atoms with E-state index in [2.05, 4.69) is 5.32 Å². The molecule has 0 bridgehead atoms. The van der Waals surface area contributed by atoms with E-state index in [0.29, 0.717) is 31.3 Å². The summed E-state index contributed by atoms with van der Waals surface area (Å²) in [6, 6.07) is 5.54. The van der Waals surface area contributed by atoms with E-state index in [4.69, 9.17) is 21.1 Å². The van der Waals surface area contributed by atoms with Gasteiger partial charge in [-0.05, 0) is 45.9 Å². The monoisotopic (exact) mass is 340 g/mol. The third-order valence-electron chi connectivity index (χ3n) is 3.47. The fourth-order valence-electron chi connectivity index (χ4n) is 2.53. The lowest BCUT2D eigenvalue weighted by Crippen LogP contribution is -2.49. The number of amides is 1. The van der Waals surface area contributed by atoms with Crippen LogP contribution in [-0.2, 0) is 4.74 Å². The van der Waals surface area contributed by atoms with Crippen molar-refractivity contribution in [3.05, 3.63) is 28.8 Å². The van der Waals surface area contributed by atoms with Crippen molar-refractivity contribution in [2.24, 2.45) is 0 Å². The second-order valence-corrected chi connectivity index (χ2v) is 6.98. The smallest absolute Gasteiger partial charge is 0.410 e. The molecular weight excluding hydrogens is 316 g/mol.